The van der Waals surface area contributed by atoms with Crippen LogP contribution in [0, 0.1) is 0 Å². The van der Waals surface area contributed by atoms with Crippen molar-refractivity contribution in [1.29, 1.82) is 0 Å². The van der Waals surface area contributed by atoms with Crippen molar-refractivity contribution >= 4 is 0 Å². The van der Waals surface area contributed by atoms with Crippen LogP contribution in [0.5, 0.6) is 0 Å². The fraction of sp³-hybridized carbons (Fsp3) is 1.00. The first kappa shape index (κ1) is 7.03. The molecule has 0 saturated carbocycles. The lowest BCUT2D eigenvalue weighted by Crippen LogP contribution is -2.41. The van der Waals surface area contributed by atoms with Gasteiger partial charge in [-0.3, -0.25) is 0 Å². The molecule has 0 aromatic rings. The largest absolute Gasteiger partial charge is 0.392 e. The second-order valence-corrected chi connectivity index (χ2v) is 3.02. The summed E-state index contributed by atoms with van der Waals surface area (Å²) in [5.74, 6) is 0. The predicted molar refractivity (Wildman–Crippen MR) is 37.3 cm³/mol. The zero-order valence-electron chi connectivity index (χ0n) is 6.17. The average Bonchev–Trinajstić information content (AvgIpc) is 1.80. The van der Waals surface area contributed by atoms with Gasteiger partial charge in [0.25, 0.3) is 0 Å². The van der Waals surface area contributed by atoms with E-state index >= 15 is 0 Å². The van der Waals surface area contributed by atoms with Crippen LogP contribution in [0.15, 0.2) is 0 Å². The maximum Gasteiger partial charge on any atom is 0.0667 e. The predicted octanol–water partition coefficient (Wildman–Crippen LogP) is 0.461. The summed E-state index contributed by atoms with van der Waals surface area (Å²) in [6.07, 6.45) is 2.04. The first-order valence-electron chi connectivity index (χ1n) is 3.58. The summed E-state index contributed by atoms with van der Waals surface area (Å²) in [6.45, 7) is 3.05. The third-order valence-corrected chi connectivity index (χ3v) is 2.17. The number of likely N-dealkylation sites (tertiary alicyclic amines) is 1. The molecule has 2 atom stereocenters. The molecular formula is C7H15NO. The summed E-state index contributed by atoms with van der Waals surface area (Å²) in [7, 11) is 2.06. The molecule has 54 valence electrons. The van der Waals surface area contributed by atoms with E-state index in [1.807, 2.05) is 0 Å². The van der Waals surface area contributed by atoms with Gasteiger partial charge < -0.3 is 10.0 Å². The standard InChI is InChI=1S/C7H15NO/c1-6-3-4-7(9)5-8(6)2/h6-7,9H,3-5H2,1-2H3. The van der Waals surface area contributed by atoms with Gasteiger partial charge in [0.1, 0.15) is 0 Å². The molecular weight excluding hydrogens is 114 g/mol. The monoisotopic (exact) mass is 129 g/mol. The van der Waals surface area contributed by atoms with Crippen LogP contribution in [0.4, 0.5) is 0 Å². The van der Waals surface area contributed by atoms with E-state index in [9.17, 15) is 0 Å². The Morgan fingerprint density at radius 2 is 2.11 bits per heavy atom. The number of rotatable bonds is 0. The van der Waals surface area contributed by atoms with E-state index in [0.717, 1.165) is 19.4 Å². The third-order valence-electron chi connectivity index (χ3n) is 2.17. The fourth-order valence-electron chi connectivity index (χ4n) is 1.26. The average molecular weight is 129 g/mol. The van der Waals surface area contributed by atoms with Crippen molar-refractivity contribution < 1.29 is 5.11 Å². The Bertz CT molecular complexity index is 94.9. The summed E-state index contributed by atoms with van der Waals surface area (Å²) < 4.78 is 0. The van der Waals surface area contributed by atoms with Crippen molar-refractivity contribution in [3.63, 3.8) is 0 Å². The normalized spacial score (nSPS) is 39.0. The first-order valence-corrected chi connectivity index (χ1v) is 3.58. The molecule has 2 unspecified atom stereocenters. The molecule has 2 nitrogen and oxygen atoms in total. The quantitative estimate of drug-likeness (QED) is 0.513. The SMILES string of the molecule is CC1CCC(O)CN1C. The highest BCUT2D eigenvalue weighted by Gasteiger charge is 2.19. The van der Waals surface area contributed by atoms with Crippen molar-refractivity contribution in [2.75, 3.05) is 13.6 Å². The Labute approximate surface area is 56.5 Å². The number of aliphatic hydroxyl groups is 1. The van der Waals surface area contributed by atoms with Crippen LogP contribution in [0.3, 0.4) is 0 Å². The van der Waals surface area contributed by atoms with Crippen molar-refractivity contribution in [3.8, 4) is 0 Å². The van der Waals surface area contributed by atoms with Gasteiger partial charge in [0.05, 0.1) is 6.10 Å². The van der Waals surface area contributed by atoms with Gasteiger partial charge in [-0.1, -0.05) is 0 Å². The number of piperidine rings is 1. The van der Waals surface area contributed by atoms with Gasteiger partial charge in [-0.05, 0) is 26.8 Å². The molecule has 1 fully saturated rings. The lowest BCUT2D eigenvalue weighted by Gasteiger charge is -2.32. The number of hydrogen-bond acceptors (Lipinski definition) is 2. The Morgan fingerprint density at radius 3 is 2.56 bits per heavy atom. The van der Waals surface area contributed by atoms with Crippen LogP contribution in [0.1, 0.15) is 19.8 Å². The molecule has 0 aliphatic carbocycles. The van der Waals surface area contributed by atoms with Crippen LogP contribution in [0.25, 0.3) is 0 Å². The Hall–Kier alpha value is -0.0800. The Kier molecular flexibility index (Phi) is 2.09. The molecule has 1 N–H and O–H groups in total. The summed E-state index contributed by atoms with van der Waals surface area (Å²) >= 11 is 0. The minimum atomic E-state index is -0.0776. The minimum Gasteiger partial charge on any atom is -0.392 e. The number of hydrogen-bond donors (Lipinski definition) is 1. The molecule has 1 aliphatic heterocycles. The van der Waals surface area contributed by atoms with E-state index in [0.29, 0.717) is 6.04 Å². The number of nitrogens with zero attached hydrogens (tertiary/aromatic N) is 1. The van der Waals surface area contributed by atoms with Crippen LogP contribution in [-0.2, 0) is 0 Å². The zero-order chi connectivity index (χ0) is 6.85. The Morgan fingerprint density at radius 1 is 1.44 bits per heavy atom. The molecule has 2 heteroatoms. The van der Waals surface area contributed by atoms with E-state index in [2.05, 4.69) is 18.9 Å². The summed E-state index contributed by atoms with van der Waals surface area (Å²) in [6, 6.07) is 0.661. The van der Waals surface area contributed by atoms with E-state index in [1.54, 1.807) is 0 Å². The number of aliphatic hydroxyl groups excluding tert-OH is 1. The van der Waals surface area contributed by atoms with E-state index in [1.165, 1.54) is 0 Å². The van der Waals surface area contributed by atoms with E-state index < -0.39 is 0 Å². The van der Waals surface area contributed by atoms with Crippen molar-refractivity contribution in [2.24, 2.45) is 0 Å². The minimum absolute atomic E-state index is 0.0776. The first-order chi connectivity index (χ1) is 4.20. The fourth-order valence-corrected chi connectivity index (χ4v) is 1.26. The topological polar surface area (TPSA) is 23.5 Å². The molecule has 0 bridgehead atoms. The molecule has 0 aromatic carbocycles. The van der Waals surface area contributed by atoms with Gasteiger partial charge in [-0.15, -0.1) is 0 Å². The van der Waals surface area contributed by atoms with Gasteiger partial charge in [-0.2, -0.15) is 0 Å². The van der Waals surface area contributed by atoms with Gasteiger partial charge >= 0.3 is 0 Å². The second-order valence-electron chi connectivity index (χ2n) is 3.02. The highest BCUT2D eigenvalue weighted by atomic mass is 16.3. The number of β-amino-alcohol motifs (C(OH)–C–C–N with tert-alkyl or cyclic N) is 1. The highest BCUT2D eigenvalue weighted by Crippen LogP contribution is 2.13. The molecule has 0 radical (unpaired) electrons. The zero-order valence-corrected chi connectivity index (χ0v) is 6.17. The smallest absolute Gasteiger partial charge is 0.0667 e. The molecule has 0 amide bonds. The molecule has 1 saturated heterocycles. The van der Waals surface area contributed by atoms with Crippen molar-refractivity contribution in [2.45, 2.75) is 31.9 Å². The maximum atomic E-state index is 9.16. The van der Waals surface area contributed by atoms with E-state index in [4.69, 9.17) is 5.11 Å². The van der Waals surface area contributed by atoms with Crippen LogP contribution in [0.2, 0.25) is 0 Å². The number of likely N-dealkylation sites (N-methyl/N-ethyl adjacent to an activating group) is 1. The maximum absolute atomic E-state index is 9.16. The van der Waals surface area contributed by atoms with Crippen molar-refractivity contribution in [1.82, 2.24) is 4.90 Å². The van der Waals surface area contributed by atoms with Crippen molar-refractivity contribution in [3.05, 3.63) is 0 Å². The van der Waals surface area contributed by atoms with Gasteiger partial charge in [0.15, 0.2) is 0 Å². The summed E-state index contributed by atoms with van der Waals surface area (Å²) in [5.41, 5.74) is 0. The lowest BCUT2D eigenvalue weighted by molar-refractivity contribution is 0.0570. The summed E-state index contributed by atoms with van der Waals surface area (Å²) in [4.78, 5) is 2.20. The third kappa shape index (κ3) is 1.66. The molecule has 1 rings (SSSR count). The summed E-state index contributed by atoms with van der Waals surface area (Å²) in [5, 5.41) is 9.16. The molecule has 1 aliphatic rings. The lowest BCUT2D eigenvalue weighted by atomic mass is 10.0. The van der Waals surface area contributed by atoms with Gasteiger partial charge in [0, 0.05) is 12.6 Å². The second kappa shape index (κ2) is 2.67. The molecule has 0 spiro atoms. The van der Waals surface area contributed by atoms with Crippen LogP contribution in [-0.4, -0.2) is 35.7 Å². The Balaban J connectivity index is 2.35. The molecule has 9 heavy (non-hydrogen) atoms. The van der Waals surface area contributed by atoms with Crippen LogP contribution >= 0.6 is 0 Å². The highest BCUT2D eigenvalue weighted by molar-refractivity contribution is 4.74. The van der Waals surface area contributed by atoms with Crippen LogP contribution < -0.4 is 0 Å². The molecule has 1 heterocycles. The van der Waals surface area contributed by atoms with Gasteiger partial charge in [0.2, 0.25) is 0 Å². The van der Waals surface area contributed by atoms with E-state index in [-0.39, 0.29) is 6.10 Å². The molecule has 0 aromatic heterocycles. The van der Waals surface area contributed by atoms with Gasteiger partial charge in [-0.25, -0.2) is 0 Å².